The third kappa shape index (κ3) is 3.96. The number of para-hydroxylation sites is 1. The number of rotatable bonds is 6. The predicted octanol–water partition coefficient (Wildman–Crippen LogP) is 4.47. The predicted molar refractivity (Wildman–Crippen MR) is 106 cm³/mol. The topological polar surface area (TPSA) is 59.8 Å². The van der Waals surface area contributed by atoms with Gasteiger partial charge in [-0.2, -0.15) is 0 Å². The van der Waals surface area contributed by atoms with E-state index in [4.69, 9.17) is 0 Å². The number of nitrogens with one attached hydrogen (secondary N) is 1. The number of hydrogen-bond donors (Lipinski definition) is 1. The van der Waals surface area contributed by atoms with Gasteiger partial charge < -0.3 is 9.88 Å². The van der Waals surface area contributed by atoms with E-state index in [1.54, 1.807) is 0 Å². The van der Waals surface area contributed by atoms with Gasteiger partial charge in [-0.25, -0.2) is 0 Å². The molecule has 0 radical (unpaired) electrons. The standard InChI is InChI=1S/C20H22N4OS/c1-4-24-17(15-11-7-5-8-12-15)22-23-19(24)26-20(2,3)18(25)21-16-13-9-6-10-14-16/h5-14H,4H2,1-3H3,(H,21,25). The molecule has 0 unspecified atom stereocenters. The summed E-state index contributed by atoms with van der Waals surface area (Å²) in [6.07, 6.45) is 0. The molecule has 1 amide bonds. The SMILES string of the molecule is CCn1c(SC(C)(C)C(=O)Nc2ccccc2)nnc1-c1ccccc1. The molecule has 0 spiro atoms. The summed E-state index contributed by atoms with van der Waals surface area (Å²) in [7, 11) is 0. The summed E-state index contributed by atoms with van der Waals surface area (Å²) >= 11 is 1.42. The van der Waals surface area contributed by atoms with E-state index in [9.17, 15) is 4.79 Å². The molecule has 1 N–H and O–H groups in total. The first-order valence-corrected chi connectivity index (χ1v) is 9.37. The molecule has 0 saturated heterocycles. The van der Waals surface area contributed by atoms with Crippen molar-refractivity contribution in [1.29, 1.82) is 0 Å². The van der Waals surface area contributed by atoms with Crippen molar-refractivity contribution in [2.45, 2.75) is 37.2 Å². The van der Waals surface area contributed by atoms with Gasteiger partial charge in [-0.05, 0) is 32.9 Å². The van der Waals surface area contributed by atoms with E-state index >= 15 is 0 Å². The zero-order valence-corrected chi connectivity index (χ0v) is 16.0. The molecule has 26 heavy (non-hydrogen) atoms. The lowest BCUT2D eigenvalue weighted by molar-refractivity contribution is -0.117. The van der Waals surface area contributed by atoms with Crippen LogP contribution in [0, 0.1) is 0 Å². The van der Waals surface area contributed by atoms with Crippen LogP contribution < -0.4 is 5.32 Å². The van der Waals surface area contributed by atoms with E-state index in [1.807, 2.05) is 79.1 Å². The summed E-state index contributed by atoms with van der Waals surface area (Å²) in [5, 5.41) is 12.4. The van der Waals surface area contributed by atoms with Gasteiger partial charge in [0.25, 0.3) is 0 Å². The molecule has 134 valence electrons. The van der Waals surface area contributed by atoms with Gasteiger partial charge in [0.15, 0.2) is 11.0 Å². The lowest BCUT2D eigenvalue weighted by Crippen LogP contribution is -2.34. The molecule has 1 aromatic heterocycles. The van der Waals surface area contributed by atoms with Crippen LogP contribution in [0.3, 0.4) is 0 Å². The van der Waals surface area contributed by atoms with Crippen LogP contribution in [0.5, 0.6) is 0 Å². The van der Waals surface area contributed by atoms with E-state index in [-0.39, 0.29) is 5.91 Å². The van der Waals surface area contributed by atoms with Gasteiger partial charge >= 0.3 is 0 Å². The second-order valence-corrected chi connectivity index (χ2v) is 7.94. The molecule has 5 nitrogen and oxygen atoms in total. The Balaban J connectivity index is 1.81. The zero-order valence-electron chi connectivity index (χ0n) is 15.1. The first-order valence-electron chi connectivity index (χ1n) is 8.55. The molecular weight excluding hydrogens is 344 g/mol. The van der Waals surface area contributed by atoms with Crippen LogP contribution in [0.1, 0.15) is 20.8 Å². The molecule has 0 fully saturated rings. The molecule has 0 aliphatic heterocycles. The fourth-order valence-corrected chi connectivity index (χ4v) is 3.54. The minimum atomic E-state index is -0.691. The number of aromatic nitrogens is 3. The smallest absolute Gasteiger partial charge is 0.240 e. The Morgan fingerprint density at radius 1 is 1.04 bits per heavy atom. The Bertz CT molecular complexity index is 875. The zero-order chi connectivity index (χ0) is 18.6. The first kappa shape index (κ1) is 18.2. The highest BCUT2D eigenvalue weighted by Gasteiger charge is 2.32. The van der Waals surface area contributed by atoms with Crippen molar-refractivity contribution in [1.82, 2.24) is 14.8 Å². The molecule has 1 heterocycles. The molecule has 3 aromatic rings. The number of nitrogens with zero attached hydrogens (tertiary/aromatic N) is 3. The number of benzene rings is 2. The van der Waals surface area contributed by atoms with Crippen LogP contribution >= 0.6 is 11.8 Å². The summed E-state index contributed by atoms with van der Waals surface area (Å²) in [4.78, 5) is 12.7. The Labute approximate surface area is 157 Å². The summed E-state index contributed by atoms with van der Waals surface area (Å²) < 4.78 is 1.35. The summed E-state index contributed by atoms with van der Waals surface area (Å²) in [6, 6.07) is 19.4. The minimum absolute atomic E-state index is 0.0689. The summed E-state index contributed by atoms with van der Waals surface area (Å²) in [5.41, 5.74) is 1.80. The fourth-order valence-electron chi connectivity index (χ4n) is 2.53. The second kappa shape index (κ2) is 7.74. The quantitative estimate of drug-likeness (QED) is 0.654. The summed E-state index contributed by atoms with van der Waals surface area (Å²) in [6.45, 7) is 6.58. The van der Waals surface area contributed by atoms with Crippen LogP contribution in [0.4, 0.5) is 5.69 Å². The van der Waals surface area contributed by atoms with Gasteiger partial charge in [-0.15, -0.1) is 10.2 Å². The maximum Gasteiger partial charge on any atom is 0.240 e. The van der Waals surface area contributed by atoms with Gasteiger partial charge in [-0.3, -0.25) is 4.79 Å². The van der Waals surface area contributed by atoms with Crippen molar-refractivity contribution >= 4 is 23.4 Å². The van der Waals surface area contributed by atoms with Crippen LogP contribution in [-0.4, -0.2) is 25.4 Å². The first-order chi connectivity index (χ1) is 12.5. The lowest BCUT2D eigenvalue weighted by Gasteiger charge is -2.22. The molecular formula is C20H22N4OS. The molecule has 3 rings (SSSR count). The molecule has 0 aliphatic carbocycles. The highest BCUT2D eigenvalue weighted by Crippen LogP contribution is 2.34. The lowest BCUT2D eigenvalue weighted by atomic mass is 10.2. The Hall–Kier alpha value is -2.60. The fraction of sp³-hybridized carbons (Fsp3) is 0.250. The Morgan fingerprint density at radius 2 is 1.65 bits per heavy atom. The number of anilines is 1. The van der Waals surface area contributed by atoms with Crippen molar-refractivity contribution in [2.75, 3.05) is 5.32 Å². The van der Waals surface area contributed by atoms with Crippen LogP contribution in [0.25, 0.3) is 11.4 Å². The number of hydrogen-bond acceptors (Lipinski definition) is 4. The van der Waals surface area contributed by atoms with Crippen LogP contribution in [0.2, 0.25) is 0 Å². The normalized spacial score (nSPS) is 11.3. The van der Waals surface area contributed by atoms with Gasteiger partial charge in [0.05, 0.1) is 4.75 Å². The van der Waals surface area contributed by atoms with Gasteiger partial charge in [0.2, 0.25) is 5.91 Å². The van der Waals surface area contributed by atoms with Crippen molar-refractivity contribution in [2.24, 2.45) is 0 Å². The van der Waals surface area contributed by atoms with Crippen LogP contribution in [-0.2, 0) is 11.3 Å². The van der Waals surface area contributed by atoms with Gasteiger partial charge in [0, 0.05) is 17.8 Å². The van der Waals surface area contributed by atoms with E-state index in [0.29, 0.717) is 0 Å². The van der Waals surface area contributed by atoms with Gasteiger partial charge in [-0.1, -0.05) is 60.3 Å². The molecule has 2 aromatic carbocycles. The third-order valence-corrected chi connectivity index (χ3v) is 5.17. The van der Waals surface area contributed by atoms with E-state index < -0.39 is 4.75 Å². The highest BCUT2D eigenvalue weighted by molar-refractivity contribution is 8.01. The minimum Gasteiger partial charge on any atom is -0.325 e. The number of thioether (sulfide) groups is 1. The van der Waals surface area contributed by atoms with Crippen LogP contribution in [0.15, 0.2) is 65.8 Å². The monoisotopic (exact) mass is 366 g/mol. The van der Waals surface area contributed by atoms with E-state index in [2.05, 4.69) is 22.4 Å². The second-order valence-electron chi connectivity index (χ2n) is 6.35. The van der Waals surface area contributed by atoms with Crippen molar-refractivity contribution in [3.05, 3.63) is 60.7 Å². The Morgan fingerprint density at radius 3 is 2.27 bits per heavy atom. The van der Waals surface area contributed by atoms with Crippen molar-refractivity contribution in [3.8, 4) is 11.4 Å². The van der Waals surface area contributed by atoms with Crippen molar-refractivity contribution in [3.63, 3.8) is 0 Å². The number of carbonyl (C=O) groups excluding carboxylic acids is 1. The Kier molecular flexibility index (Phi) is 5.42. The number of carbonyl (C=O) groups is 1. The maximum atomic E-state index is 12.7. The van der Waals surface area contributed by atoms with E-state index in [1.165, 1.54) is 11.8 Å². The summed E-state index contributed by atoms with van der Waals surface area (Å²) in [5.74, 6) is 0.746. The molecule has 0 atom stereocenters. The van der Waals surface area contributed by atoms with Crippen molar-refractivity contribution < 1.29 is 4.79 Å². The largest absolute Gasteiger partial charge is 0.325 e. The average molecular weight is 366 g/mol. The molecule has 0 saturated carbocycles. The van der Waals surface area contributed by atoms with Gasteiger partial charge in [0.1, 0.15) is 0 Å². The number of amides is 1. The molecule has 6 heteroatoms. The maximum absolute atomic E-state index is 12.7. The highest BCUT2D eigenvalue weighted by atomic mass is 32.2. The average Bonchev–Trinajstić information content (AvgIpc) is 3.05. The molecule has 0 aliphatic rings. The van der Waals surface area contributed by atoms with E-state index in [0.717, 1.165) is 28.8 Å². The third-order valence-electron chi connectivity index (χ3n) is 3.99. The molecule has 0 bridgehead atoms.